The summed E-state index contributed by atoms with van der Waals surface area (Å²) in [5, 5.41) is 11.7. The number of nitrogens with one attached hydrogen (secondary N) is 1. The van der Waals surface area contributed by atoms with E-state index < -0.39 is 17.6 Å². The number of hydrogen-bond acceptors (Lipinski definition) is 7. The Hall–Kier alpha value is -4.34. The zero-order chi connectivity index (χ0) is 21.3. The predicted molar refractivity (Wildman–Crippen MR) is 106 cm³/mol. The van der Waals surface area contributed by atoms with Gasteiger partial charge in [-0.2, -0.15) is 0 Å². The van der Waals surface area contributed by atoms with Crippen LogP contribution >= 0.6 is 0 Å². The summed E-state index contributed by atoms with van der Waals surface area (Å²) in [6.07, 6.45) is 1.37. The van der Waals surface area contributed by atoms with E-state index in [1.165, 1.54) is 18.4 Å². The Bertz CT molecular complexity index is 1290. The number of carbonyl (C=O) groups is 2. The van der Waals surface area contributed by atoms with Gasteiger partial charge in [-0.3, -0.25) is 9.59 Å². The van der Waals surface area contributed by atoms with Crippen molar-refractivity contribution in [1.82, 2.24) is 15.2 Å². The van der Waals surface area contributed by atoms with Gasteiger partial charge in [0.2, 0.25) is 11.7 Å². The molecule has 9 nitrogen and oxygen atoms in total. The van der Waals surface area contributed by atoms with Crippen molar-refractivity contribution in [1.29, 1.82) is 0 Å². The number of primary amides is 2. The summed E-state index contributed by atoms with van der Waals surface area (Å²) in [5.41, 5.74) is 11.5. The van der Waals surface area contributed by atoms with Crippen LogP contribution in [0.25, 0.3) is 22.4 Å². The van der Waals surface area contributed by atoms with Crippen molar-refractivity contribution in [3.63, 3.8) is 0 Å². The number of furan rings is 1. The molecule has 0 unspecified atom stereocenters. The van der Waals surface area contributed by atoms with Crippen LogP contribution in [0, 0.1) is 5.82 Å². The topological polar surface area (TPSA) is 150 Å². The number of benzene rings is 2. The lowest BCUT2D eigenvalue weighted by atomic mass is 10.1. The summed E-state index contributed by atoms with van der Waals surface area (Å²) < 4.78 is 19.0. The normalized spacial score (nSPS) is 10.8. The van der Waals surface area contributed by atoms with Crippen LogP contribution in [0.4, 0.5) is 10.2 Å². The zero-order valence-electron chi connectivity index (χ0n) is 15.4. The van der Waals surface area contributed by atoms with Gasteiger partial charge in [0, 0.05) is 17.3 Å². The first-order valence-corrected chi connectivity index (χ1v) is 8.77. The molecule has 30 heavy (non-hydrogen) atoms. The lowest BCUT2D eigenvalue weighted by Crippen LogP contribution is -2.19. The number of aromatic nitrogens is 3. The standard InChI is InChI=1S/C20H15FN6O3/c21-11-4-1-3-10(7-11)8-24-19-15(18(23)29)26-27-20(25-19)16-12-5-2-6-13(17(22)28)14(12)9-30-16/h1-7,9H,8H2,(H2,22,28)(H2,23,29)(H,24,25,27). The first-order valence-electron chi connectivity index (χ1n) is 8.77. The van der Waals surface area contributed by atoms with E-state index in [0.717, 1.165) is 0 Å². The van der Waals surface area contributed by atoms with Gasteiger partial charge >= 0.3 is 0 Å². The van der Waals surface area contributed by atoms with Crippen molar-refractivity contribution in [2.75, 3.05) is 5.32 Å². The number of hydrogen-bond donors (Lipinski definition) is 3. The Balaban J connectivity index is 1.74. The largest absolute Gasteiger partial charge is 0.460 e. The molecule has 0 bridgehead atoms. The van der Waals surface area contributed by atoms with E-state index in [4.69, 9.17) is 15.9 Å². The van der Waals surface area contributed by atoms with Crippen molar-refractivity contribution < 1.29 is 18.4 Å². The van der Waals surface area contributed by atoms with Gasteiger partial charge in [0.25, 0.3) is 5.91 Å². The van der Waals surface area contributed by atoms with Gasteiger partial charge in [-0.1, -0.05) is 24.3 Å². The maximum absolute atomic E-state index is 13.4. The highest BCUT2D eigenvalue weighted by molar-refractivity contribution is 6.08. The monoisotopic (exact) mass is 406 g/mol. The Labute approximate surface area is 168 Å². The van der Waals surface area contributed by atoms with Crippen LogP contribution in [0.5, 0.6) is 0 Å². The number of anilines is 1. The smallest absolute Gasteiger partial charge is 0.273 e. The van der Waals surface area contributed by atoms with Crippen LogP contribution < -0.4 is 16.8 Å². The second kappa shape index (κ2) is 7.59. The third-order valence-electron chi connectivity index (χ3n) is 4.38. The van der Waals surface area contributed by atoms with E-state index in [9.17, 15) is 14.0 Å². The Morgan fingerprint density at radius 3 is 2.57 bits per heavy atom. The highest BCUT2D eigenvalue weighted by Gasteiger charge is 2.20. The fourth-order valence-electron chi connectivity index (χ4n) is 3.00. The molecule has 0 fully saturated rings. The molecule has 2 aromatic carbocycles. The minimum atomic E-state index is -0.830. The predicted octanol–water partition coefficient (Wildman–Crippen LogP) is 2.23. The molecule has 0 aliphatic carbocycles. The molecule has 150 valence electrons. The second-order valence-corrected chi connectivity index (χ2v) is 6.38. The SMILES string of the molecule is NC(=O)c1nnc(-c2occ3c(C(N)=O)cccc23)nc1NCc1cccc(F)c1. The van der Waals surface area contributed by atoms with Crippen LogP contribution in [0.2, 0.25) is 0 Å². The van der Waals surface area contributed by atoms with Crippen molar-refractivity contribution in [2.24, 2.45) is 11.5 Å². The molecular formula is C20H15FN6O3. The molecule has 4 rings (SSSR count). The maximum atomic E-state index is 13.4. The average molecular weight is 406 g/mol. The summed E-state index contributed by atoms with van der Waals surface area (Å²) >= 11 is 0. The number of nitrogens with two attached hydrogens (primary N) is 2. The molecule has 10 heteroatoms. The average Bonchev–Trinajstić information content (AvgIpc) is 3.16. The van der Waals surface area contributed by atoms with Crippen LogP contribution in [-0.4, -0.2) is 27.0 Å². The number of halogens is 1. The molecule has 2 aromatic heterocycles. The highest BCUT2D eigenvalue weighted by atomic mass is 19.1. The van der Waals surface area contributed by atoms with Gasteiger partial charge in [-0.15, -0.1) is 10.2 Å². The molecule has 0 aliphatic heterocycles. The summed E-state index contributed by atoms with van der Waals surface area (Å²) in [7, 11) is 0. The first kappa shape index (κ1) is 19.0. The molecule has 2 heterocycles. The number of carbonyl (C=O) groups excluding carboxylic acids is 2. The number of rotatable bonds is 6. The molecule has 0 radical (unpaired) electrons. The maximum Gasteiger partial charge on any atom is 0.273 e. The summed E-state index contributed by atoms with van der Waals surface area (Å²) in [6.45, 7) is 0.168. The lowest BCUT2D eigenvalue weighted by molar-refractivity contribution is 0.0989. The van der Waals surface area contributed by atoms with Crippen LogP contribution in [0.1, 0.15) is 26.4 Å². The number of amides is 2. The summed E-state index contributed by atoms with van der Waals surface area (Å²) in [5.74, 6) is -1.45. The third-order valence-corrected chi connectivity index (χ3v) is 4.38. The molecule has 0 saturated heterocycles. The minimum absolute atomic E-state index is 0.0624. The molecule has 4 aromatic rings. The van der Waals surface area contributed by atoms with E-state index in [-0.39, 0.29) is 35.2 Å². The molecule has 2 amide bonds. The highest BCUT2D eigenvalue weighted by Crippen LogP contribution is 2.31. The lowest BCUT2D eigenvalue weighted by Gasteiger charge is -2.09. The summed E-state index contributed by atoms with van der Waals surface area (Å²) in [4.78, 5) is 27.7. The van der Waals surface area contributed by atoms with E-state index in [2.05, 4.69) is 20.5 Å². The molecule has 0 saturated carbocycles. The van der Waals surface area contributed by atoms with E-state index >= 15 is 0 Å². The van der Waals surface area contributed by atoms with Gasteiger partial charge in [0.1, 0.15) is 12.1 Å². The van der Waals surface area contributed by atoms with Crippen molar-refractivity contribution in [2.45, 2.75) is 6.54 Å². The van der Waals surface area contributed by atoms with Gasteiger partial charge in [-0.25, -0.2) is 9.37 Å². The van der Waals surface area contributed by atoms with E-state index in [1.54, 1.807) is 30.3 Å². The van der Waals surface area contributed by atoms with Gasteiger partial charge in [-0.05, 0) is 23.8 Å². The van der Waals surface area contributed by atoms with Crippen LogP contribution in [0.3, 0.4) is 0 Å². The molecule has 0 atom stereocenters. The summed E-state index contributed by atoms with van der Waals surface area (Å²) in [6, 6.07) is 10.9. The molecular weight excluding hydrogens is 391 g/mol. The molecule has 0 aliphatic rings. The Morgan fingerprint density at radius 2 is 1.83 bits per heavy atom. The third kappa shape index (κ3) is 3.53. The van der Waals surface area contributed by atoms with Gasteiger partial charge in [0.05, 0.1) is 5.56 Å². The number of nitrogens with zero attached hydrogens (tertiary/aromatic N) is 3. The fraction of sp³-hybridized carbons (Fsp3) is 0.0500. The molecule has 0 spiro atoms. The van der Waals surface area contributed by atoms with Gasteiger partial charge in [0.15, 0.2) is 17.3 Å². The number of fused-ring (bicyclic) bond motifs is 1. The van der Waals surface area contributed by atoms with Crippen LogP contribution in [0.15, 0.2) is 53.1 Å². The Kier molecular flexibility index (Phi) is 4.80. The second-order valence-electron chi connectivity index (χ2n) is 6.38. The van der Waals surface area contributed by atoms with Crippen molar-refractivity contribution in [3.8, 4) is 11.6 Å². The quantitative estimate of drug-likeness (QED) is 0.444. The minimum Gasteiger partial charge on any atom is -0.460 e. The van der Waals surface area contributed by atoms with Crippen LogP contribution in [-0.2, 0) is 6.54 Å². The van der Waals surface area contributed by atoms with E-state index in [0.29, 0.717) is 16.3 Å². The van der Waals surface area contributed by atoms with E-state index in [1.807, 2.05) is 0 Å². The zero-order valence-corrected chi connectivity index (χ0v) is 15.4. The Morgan fingerprint density at radius 1 is 1.03 bits per heavy atom. The van der Waals surface area contributed by atoms with Gasteiger partial charge < -0.3 is 21.2 Å². The fourth-order valence-corrected chi connectivity index (χ4v) is 3.00. The first-order chi connectivity index (χ1) is 14.4. The molecule has 5 N–H and O–H groups in total. The van der Waals surface area contributed by atoms with Crippen molar-refractivity contribution in [3.05, 3.63) is 71.4 Å². The van der Waals surface area contributed by atoms with Crippen molar-refractivity contribution >= 4 is 28.4 Å².